The molecule has 5 aliphatic rings. The summed E-state index contributed by atoms with van der Waals surface area (Å²) in [7, 11) is -3.78. The van der Waals surface area contributed by atoms with Crippen LogP contribution in [0.5, 0.6) is 0 Å². The highest BCUT2D eigenvalue weighted by molar-refractivity contribution is 6.99. The van der Waals surface area contributed by atoms with Crippen LogP contribution in [0.3, 0.4) is 0 Å². The van der Waals surface area contributed by atoms with E-state index in [0.29, 0.717) is 62.3 Å². The van der Waals surface area contributed by atoms with Gasteiger partial charge in [-0.1, -0.05) is 223 Å². The Bertz CT molecular complexity index is 3310. The Morgan fingerprint density at radius 1 is 0.626 bits per heavy atom. The van der Waals surface area contributed by atoms with Crippen LogP contribution in [0.2, 0.25) is 21.7 Å². The Morgan fingerprint density at radius 3 is 1.78 bits per heavy atom. The Balaban J connectivity index is 0.889. The Morgan fingerprint density at radius 2 is 1.20 bits per heavy atom. The lowest BCUT2D eigenvalue weighted by molar-refractivity contribution is -0.347. The summed E-state index contributed by atoms with van der Waals surface area (Å²) in [6.07, 6.45) is 3.03. The van der Waals surface area contributed by atoms with Crippen LogP contribution < -0.4 is 10.4 Å². The Hall–Kier alpha value is -4.59. The van der Waals surface area contributed by atoms with Gasteiger partial charge in [-0.15, -0.1) is 0 Å². The molecule has 5 heterocycles. The fourth-order valence-electron chi connectivity index (χ4n) is 16.8. The number of methoxy groups -OCH3 is 1. The molecular formula is C78H106O11Si2. The fraction of sp³-hybridized carbons (Fsp3) is 0.564. The zero-order chi connectivity index (χ0) is 64.5. The van der Waals surface area contributed by atoms with Crippen LogP contribution in [0.1, 0.15) is 140 Å². The van der Waals surface area contributed by atoms with E-state index in [-0.39, 0.29) is 72.1 Å². The van der Waals surface area contributed by atoms with Crippen LogP contribution in [0.25, 0.3) is 21.5 Å². The molecule has 0 unspecified atom stereocenters. The van der Waals surface area contributed by atoms with Gasteiger partial charge in [-0.25, -0.2) is 0 Å². The van der Waals surface area contributed by atoms with Crippen LogP contribution in [0, 0.1) is 23.7 Å². The summed E-state index contributed by atoms with van der Waals surface area (Å²) >= 11 is 0. The highest BCUT2D eigenvalue weighted by atomic mass is 28.4. The van der Waals surface area contributed by atoms with Gasteiger partial charge in [0.25, 0.3) is 8.32 Å². The highest BCUT2D eigenvalue weighted by Crippen LogP contribution is 2.52. The molecule has 13 heteroatoms. The number of hydrogen-bond acceptors (Lipinski definition) is 11. The predicted molar refractivity (Wildman–Crippen MR) is 369 cm³/mol. The van der Waals surface area contributed by atoms with Gasteiger partial charge in [0.1, 0.15) is 24.6 Å². The molecule has 0 amide bonds. The SMILES string of the molecule is COCO[C@@H]1[C@@H](C)[C@H](C)[C@@]2(C[C@H](OCc3ccc4ccccc4c3)CO2)O[C@H]1[C@@H](OCc1ccc2ccccc2c1)[C@H](C)C1=CC[C@H]2O[C@H]3C[C@@H](O[Si](C(C)C)(C(C)C)C(C)C)[C@](C)(CO[Si](c4ccccc4)(c4ccccc4)C(C)(C)C)O[C@@H]3C[C@H](C)C[C@@H]2O1. The van der Waals surface area contributed by atoms with Crippen molar-refractivity contribution in [3.8, 4) is 0 Å². The van der Waals surface area contributed by atoms with Gasteiger partial charge >= 0.3 is 0 Å². The minimum absolute atomic E-state index is 0.00486. The summed E-state index contributed by atoms with van der Waals surface area (Å²) in [5.74, 6) is -0.125. The smallest absolute Gasteiger partial charge is 0.261 e. The van der Waals surface area contributed by atoms with E-state index in [2.05, 4.69) is 249 Å². The van der Waals surface area contributed by atoms with Gasteiger partial charge in [0, 0.05) is 31.8 Å². The first-order valence-corrected chi connectivity index (χ1v) is 38.4. The molecule has 4 fully saturated rings. The lowest BCUT2D eigenvalue weighted by Gasteiger charge is -2.55. The standard InChI is InChI=1S/C78H106O11Si2/c1-51(2)90(52(3)4,53(5)6)89-72-44-70-71(87-77(72,14)49-84-91(76(11,12)13,65-30-18-16-19-31-65)66-32-20-17-21-33-66)41-54(7)40-69-68(86-70)39-38-67(85-69)56(9)74(81-47-59-35-37-61-27-23-25-29-63(61)43-59)75-73(82-50-79-15)55(8)57(10)78(88-75)45-64(48-83-78)80-46-58-34-36-60-26-22-24-28-62(60)42-58/h16-38,42-43,51-57,64,68-75H,39-41,44-50H2,1-15H3/t54-,55+,56-,57+,64+,68-,69+,70+,71-,72-,73-,74+,75-,77+,78-/m1/s1. The first-order chi connectivity index (χ1) is 43.6. The lowest BCUT2D eigenvalue weighted by Crippen LogP contribution is -2.70. The maximum Gasteiger partial charge on any atom is 0.261 e. The van der Waals surface area contributed by atoms with Gasteiger partial charge in [-0.05, 0) is 121 Å². The first kappa shape index (κ1) is 67.8. The van der Waals surface area contributed by atoms with Crippen molar-refractivity contribution in [3.05, 3.63) is 169 Å². The zero-order valence-corrected chi connectivity index (χ0v) is 59.2. The van der Waals surface area contributed by atoms with E-state index in [1.807, 2.05) is 0 Å². The van der Waals surface area contributed by atoms with Crippen molar-refractivity contribution in [2.45, 2.75) is 230 Å². The van der Waals surface area contributed by atoms with Crippen molar-refractivity contribution in [2.75, 3.05) is 27.1 Å². The van der Waals surface area contributed by atoms with Crippen molar-refractivity contribution in [3.63, 3.8) is 0 Å². The van der Waals surface area contributed by atoms with Crippen LogP contribution >= 0.6 is 0 Å². The van der Waals surface area contributed by atoms with Gasteiger partial charge in [0.2, 0.25) is 8.32 Å². The van der Waals surface area contributed by atoms with Gasteiger partial charge in [0.15, 0.2) is 5.79 Å². The molecule has 0 aromatic heterocycles. The van der Waals surface area contributed by atoms with E-state index in [4.69, 9.17) is 51.5 Å². The van der Waals surface area contributed by atoms with Crippen molar-refractivity contribution in [1.82, 2.24) is 0 Å². The molecule has 4 saturated heterocycles. The molecule has 0 aliphatic carbocycles. The Labute approximate surface area is 546 Å². The summed E-state index contributed by atoms with van der Waals surface area (Å²) < 4.78 is 79.8. The highest BCUT2D eigenvalue weighted by Gasteiger charge is 2.61. The molecule has 6 aromatic carbocycles. The fourth-order valence-corrected chi connectivity index (χ4v) is 27.1. The zero-order valence-electron chi connectivity index (χ0n) is 57.2. The van der Waals surface area contributed by atoms with E-state index in [1.54, 1.807) is 7.11 Å². The van der Waals surface area contributed by atoms with E-state index < -0.39 is 46.3 Å². The number of fused-ring (bicyclic) bond motifs is 4. The van der Waals surface area contributed by atoms with Crippen LogP contribution in [-0.2, 0) is 64.7 Å². The molecule has 6 aromatic rings. The average Bonchev–Trinajstić information content (AvgIpc) is 1.46. The second kappa shape index (κ2) is 28.4. The summed E-state index contributed by atoms with van der Waals surface area (Å²) in [5, 5.41) is 7.06. The normalized spacial score (nSPS) is 29.8. The summed E-state index contributed by atoms with van der Waals surface area (Å²) in [5.41, 5.74) is 2.53. The molecule has 11 rings (SSSR count). The molecule has 5 aliphatic heterocycles. The number of rotatable bonds is 22. The van der Waals surface area contributed by atoms with Gasteiger partial charge < -0.3 is 51.5 Å². The summed E-state index contributed by atoms with van der Waals surface area (Å²) in [4.78, 5) is 0. The lowest BCUT2D eigenvalue weighted by atomic mass is 9.75. The third kappa shape index (κ3) is 13.9. The van der Waals surface area contributed by atoms with E-state index in [0.717, 1.165) is 29.7 Å². The topological polar surface area (TPSA) is 102 Å². The van der Waals surface area contributed by atoms with Crippen LogP contribution in [-0.4, -0.2) is 110 Å². The van der Waals surface area contributed by atoms with Crippen molar-refractivity contribution in [1.29, 1.82) is 0 Å². The van der Waals surface area contributed by atoms with Gasteiger partial charge in [0.05, 0.1) is 74.9 Å². The number of hydrogen-bond donors (Lipinski definition) is 0. The quantitative estimate of drug-likeness (QED) is 0.0480. The molecule has 1 spiro atoms. The molecular weight excluding hydrogens is 1170 g/mol. The molecule has 0 N–H and O–H groups in total. The Kier molecular flexibility index (Phi) is 21.2. The monoisotopic (exact) mass is 1270 g/mol. The maximum atomic E-state index is 8.03. The van der Waals surface area contributed by atoms with E-state index >= 15 is 0 Å². The van der Waals surface area contributed by atoms with E-state index in [9.17, 15) is 0 Å². The summed E-state index contributed by atoms with van der Waals surface area (Å²) in [6, 6.07) is 52.0. The van der Waals surface area contributed by atoms with Crippen molar-refractivity contribution >= 4 is 48.6 Å². The predicted octanol–water partition coefficient (Wildman–Crippen LogP) is 16.4. The van der Waals surface area contributed by atoms with Gasteiger partial charge in [-0.2, -0.15) is 0 Å². The molecule has 0 radical (unpaired) electrons. The molecule has 15 atom stereocenters. The third-order valence-electron chi connectivity index (χ3n) is 21.8. The second-order valence-corrected chi connectivity index (χ2v) is 39.5. The average molecular weight is 1280 g/mol. The second-order valence-electron chi connectivity index (χ2n) is 29.8. The molecule has 0 saturated carbocycles. The molecule has 0 bridgehead atoms. The minimum atomic E-state index is -2.97. The van der Waals surface area contributed by atoms with E-state index in [1.165, 1.54) is 31.9 Å². The van der Waals surface area contributed by atoms with Crippen molar-refractivity contribution in [2.24, 2.45) is 23.7 Å². The van der Waals surface area contributed by atoms with Gasteiger partial charge in [-0.3, -0.25) is 0 Å². The number of benzene rings is 6. The maximum absolute atomic E-state index is 8.03. The summed E-state index contributed by atoms with van der Waals surface area (Å²) in [6.45, 7) is 34.5. The molecule has 11 nitrogen and oxygen atoms in total. The third-order valence-corrected chi connectivity index (χ3v) is 32.9. The van der Waals surface area contributed by atoms with Crippen LogP contribution in [0.15, 0.2) is 157 Å². The first-order valence-electron chi connectivity index (χ1n) is 34.3. The molecule has 492 valence electrons. The largest absolute Gasteiger partial charge is 0.492 e. The van der Waals surface area contributed by atoms with Crippen molar-refractivity contribution < 1.29 is 51.5 Å². The van der Waals surface area contributed by atoms with Crippen LogP contribution in [0.4, 0.5) is 0 Å². The number of ether oxygens (including phenoxy) is 9. The molecule has 91 heavy (non-hydrogen) atoms. The minimum Gasteiger partial charge on any atom is -0.492 e.